The largest absolute Gasteiger partial charge is 0.573 e. The number of rotatable bonds is 6. The van der Waals surface area contributed by atoms with Gasteiger partial charge >= 0.3 is 6.36 Å². The van der Waals surface area contributed by atoms with E-state index in [1.807, 2.05) is 0 Å². The molecule has 2 aromatic rings. The summed E-state index contributed by atoms with van der Waals surface area (Å²) in [5, 5.41) is 4.89. The van der Waals surface area contributed by atoms with Crippen molar-refractivity contribution in [3.63, 3.8) is 0 Å². The monoisotopic (exact) mass is 342 g/mol. The molecule has 0 aliphatic heterocycles. The van der Waals surface area contributed by atoms with Gasteiger partial charge in [0.25, 0.3) is 5.91 Å². The molecule has 0 radical (unpaired) electrons. The Balaban J connectivity index is 1.78. The zero-order valence-electron chi connectivity index (χ0n) is 12.2. The maximum atomic E-state index is 12.0. The molecule has 2 N–H and O–H groups in total. The van der Waals surface area contributed by atoms with Gasteiger partial charge in [-0.25, -0.2) is 0 Å². The van der Waals surface area contributed by atoms with Gasteiger partial charge in [-0.1, -0.05) is 0 Å². The Hall–Kier alpha value is -2.97. The van der Waals surface area contributed by atoms with Gasteiger partial charge in [-0.2, -0.15) is 0 Å². The average molecular weight is 342 g/mol. The summed E-state index contributed by atoms with van der Waals surface area (Å²) in [6.45, 7) is -0.0917. The first-order valence-corrected chi connectivity index (χ1v) is 6.76. The van der Waals surface area contributed by atoms with Crippen molar-refractivity contribution in [1.82, 2.24) is 10.6 Å². The molecule has 0 spiro atoms. The first-order valence-electron chi connectivity index (χ1n) is 6.76. The molecule has 0 aliphatic rings. The topological polar surface area (TPSA) is 80.6 Å². The number of benzene rings is 1. The lowest BCUT2D eigenvalue weighted by molar-refractivity contribution is -0.274. The summed E-state index contributed by atoms with van der Waals surface area (Å²) in [5.41, 5.74) is 0.100. The summed E-state index contributed by atoms with van der Waals surface area (Å²) in [6, 6.07) is 7.71. The first-order chi connectivity index (χ1) is 11.3. The molecule has 0 saturated carbocycles. The second-order valence-corrected chi connectivity index (χ2v) is 4.61. The van der Waals surface area contributed by atoms with E-state index in [2.05, 4.69) is 15.4 Å². The summed E-state index contributed by atoms with van der Waals surface area (Å²) in [4.78, 5) is 23.4. The van der Waals surface area contributed by atoms with Crippen molar-refractivity contribution >= 4 is 11.8 Å². The second-order valence-electron chi connectivity index (χ2n) is 4.61. The van der Waals surface area contributed by atoms with Crippen molar-refractivity contribution in [3.8, 4) is 5.75 Å². The molecule has 1 aromatic carbocycles. The number of carbonyl (C=O) groups excluding carboxylic acids is 2. The van der Waals surface area contributed by atoms with Crippen LogP contribution >= 0.6 is 0 Å². The normalized spacial score (nSPS) is 11.0. The van der Waals surface area contributed by atoms with Gasteiger partial charge in [0.1, 0.15) is 11.5 Å². The Morgan fingerprint density at radius 1 is 1.08 bits per heavy atom. The van der Waals surface area contributed by atoms with E-state index in [0.717, 1.165) is 24.3 Å². The molecule has 1 aromatic heterocycles. The van der Waals surface area contributed by atoms with Gasteiger partial charge in [-0.3, -0.25) is 9.59 Å². The lowest BCUT2D eigenvalue weighted by Gasteiger charge is -2.09. The van der Waals surface area contributed by atoms with Crippen molar-refractivity contribution in [3.05, 3.63) is 54.0 Å². The van der Waals surface area contributed by atoms with E-state index in [-0.39, 0.29) is 18.7 Å². The molecule has 128 valence electrons. The van der Waals surface area contributed by atoms with Gasteiger partial charge in [0, 0.05) is 5.56 Å². The Bertz CT molecular complexity index is 682. The highest BCUT2D eigenvalue weighted by molar-refractivity contribution is 5.96. The van der Waals surface area contributed by atoms with Crippen molar-refractivity contribution in [2.45, 2.75) is 12.9 Å². The van der Waals surface area contributed by atoms with Gasteiger partial charge in [0.2, 0.25) is 5.91 Å². The molecule has 6 nitrogen and oxygen atoms in total. The highest BCUT2D eigenvalue weighted by Crippen LogP contribution is 2.22. The summed E-state index contributed by atoms with van der Waals surface area (Å²) in [7, 11) is 0. The van der Waals surface area contributed by atoms with Crippen LogP contribution in [0.2, 0.25) is 0 Å². The van der Waals surface area contributed by atoms with Gasteiger partial charge in [0.05, 0.1) is 19.4 Å². The Labute approximate surface area is 134 Å². The van der Waals surface area contributed by atoms with E-state index < -0.39 is 23.9 Å². The van der Waals surface area contributed by atoms with Crippen LogP contribution in [0.1, 0.15) is 16.1 Å². The van der Waals surface area contributed by atoms with Crippen molar-refractivity contribution in [2.24, 2.45) is 0 Å². The Morgan fingerprint density at radius 2 is 1.79 bits per heavy atom. The minimum atomic E-state index is -4.80. The molecule has 0 saturated heterocycles. The number of alkyl halides is 3. The smallest absolute Gasteiger partial charge is 0.467 e. The fourth-order valence-corrected chi connectivity index (χ4v) is 1.73. The molecule has 0 bridgehead atoms. The van der Waals surface area contributed by atoms with E-state index in [0.29, 0.717) is 5.76 Å². The fourth-order valence-electron chi connectivity index (χ4n) is 1.73. The number of nitrogens with one attached hydrogen (secondary N) is 2. The predicted molar refractivity (Wildman–Crippen MR) is 76.0 cm³/mol. The lowest BCUT2D eigenvalue weighted by atomic mass is 10.2. The van der Waals surface area contributed by atoms with Crippen LogP contribution in [0, 0.1) is 0 Å². The third kappa shape index (κ3) is 5.67. The number of furan rings is 1. The van der Waals surface area contributed by atoms with Gasteiger partial charge < -0.3 is 19.8 Å². The van der Waals surface area contributed by atoms with Crippen LogP contribution in [0.5, 0.6) is 5.75 Å². The molecule has 0 aliphatic carbocycles. The molecule has 2 rings (SSSR count). The van der Waals surface area contributed by atoms with E-state index in [1.165, 1.54) is 6.26 Å². The van der Waals surface area contributed by atoms with Crippen LogP contribution in [0.25, 0.3) is 0 Å². The second kappa shape index (κ2) is 7.53. The Kier molecular flexibility index (Phi) is 5.46. The molecular formula is C15H13F3N2O4. The minimum absolute atomic E-state index is 0.100. The van der Waals surface area contributed by atoms with E-state index >= 15 is 0 Å². The van der Waals surface area contributed by atoms with Crippen molar-refractivity contribution in [2.75, 3.05) is 6.54 Å². The molecule has 0 atom stereocenters. The maximum absolute atomic E-state index is 12.0. The highest BCUT2D eigenvalue weighted by Gasteiger charge is 2.31. The zero-order chi connectivity index (χ0) is 17.6. The molecule has 0 unspecified atom stereocenters. The third-order valence-corrected chi connectivity index (χ3v) is 2.80. The van der Waals surface area contributed by atoms with Crippen LogP contribution in [0.15, 0.2) is 47.1 Å². The minimum Gasteiger partial charge on any atom is -0.467 e. The number of ether oxygens (including phenoxy) is 1. The number of hydrogen-bond acceptors (Lipinski definition) is 4. The standard InChI is InChI=1S/C15H13F3N2O4/c16-15(17,18)24-11-5-3-10(4-6-11)14(22)20-9-13(21)19-8-12-2-1-7-23-12/h1-7H,8-9H2,(H,19,21)(H,20,22). The van der Waals surface area contributed by atoms with Crippen LogP contribution in [0.3, 0.4) is 0 Å². The summed E-state index contributed by atoms with van der Waals surface area (Å²) >= 11 is 0. The molecular weight excluding hydrogens is 329 g/mol. The number of amides is 2. The van der Waals surface area contributed by atoms with Crippen LogP contribution in [-0.2, 0) is 11.3 Å². The van der Waals surface area contributed by atoms with Crippen molar-refractivity contribution < 1.29 is 31.9 Å². The predicted octanol–water partition coefficient (Wildman–Crippen LogP) is 2.22. The highest BCUT2D eigenvalue weighted by atomic mass is 19.4. The average Bonchev–Trinajstić information content (AvgIpc) is 3.03. The van der Waals surface area contributed by atoms with Gasteiger partial charge in [0.15, 0.2) is 0 Å². The van der Waals surface area contributed by atoms with E-state index in [4.69, 9.17) is 4.42 Å². The van der Waals surface area contributed by atoms with Gasteiger partial charge in [-0.05, 0) is 36.4 Å². The molecule has 9 heteroatoms. The molecule has 2 amide bonds. The van der Waals surface area contributed by atoms with Crippen molar-refractivity contribution in [1.29, 1.82) is 0 Å². The fraction of sp³-hybridized carbons (Fsp3) is 0.200. The number of carbonyl (C=O) groups is 2. The SMILES string of the molecule is O=C(CNC(=O)c1ccc(OC(F)(F)F)cc1)NCc1ccco1. The summed E-state index contributed by atoms with van der Waals surface area (Å²) in [5.74, 6) is -0.899. The lowest BCUT2D eigenvalue weighted by Crippen LogP contribution is -2.36. The zero-order valence-corrected chi connectivity index (χ0v) is 12.2. The maximum Gasteiger partial charge on any atom is 0.573 e. The van der Waals surface area contributed by atoms with E-state index in [9.17, 15) is 22.8 Å². The number of hydrogen-bond donors (Lipinski definition) is 2. The molecule has 0 fully saturated rings. The molecule has 1 heterocycles. The van der Waals surface area contributed by atoms with Gasteiger partial charge in [-0.15, -0.1) is 13.2 Å². The summed E-state index contributed by atoms with van der Waals surface area (Å²) < 4.78 is 44.8. The first kappa shape index (κ1) is 17.4. The van der Waals surface area contributed by atoms with Crippen LogP contribution in [-0.4, -0.2) is 24.7 Å². The Morgan fingerprint density at radius 3 is 2.38 bits per heavy atom. The quantitative estimate of drug-likeness (QED) is 0.844. The van der Waals surface area contributed by atoms with E-state index in [1.54, 1.807) is 12.1 Å². The summed E-state index contributed by atoms with van der Waals surface area (Å²) in [6.07, 6.45) is -3.33. The van der Waals surface area contributed by atoms with Crippen LogP contribution < -0.4 is 15.4 Å². The number of halogens is 3. The third-order valence-electron chi connectivity index (χ3n) is 2.80. The molecule has 24 heavy (non-hydrogen) atoms. The van der Waals surface area contributed by atoms with Crippen LogP contribution in [0.4, 0.5) is 13.2 Å².